The van der Waals surface area contributed by atoms with Gasteiger partial charge in [0, 0.05) is 38.2 Å². The molecule has 31 heavy (non-hydrogen) atoms. The lowest BCUT2D eigenvalue weighted by Crippen LogP contribution is -2.51. The number of rotatable bonds is 6. The maximum Gasteiger partial charge on any atom is 0.410 e. The molecule has 0 atom stereocenters. The minimum Gasteiger partial charge on any atom is -0.494 e. The summed E-state index contributed by atoms with van der Waals surface area (Å²) >= 11 is 0. The second-order valence-corrected chi connectivity index (χ2v) is 8.94. The van der Waals surface area contributed by atoms with Crippen LogP contribution < -0.4 is 4.74 Å². The van der Waals surface area contributed by atoms with Crippen molar-refractivity contribution in [2.24, 2.45) is 0 Å². The summed E-state index contributed by atoms with van der Waals surface area (Å²) in [6, 6.07) is 6.42. The monoisotopic (exact) mass is 435 g/mol. The van der Waals surface area contributed by atoms with Crippen molar-refractivity contribution < 1.29 is 24.5 Å². The molecule has 2 amide bonds. The number of ether oxygens (including phenoxy) is 2. The van der Waals surface area contributed by atoms with Crippen molar-refractivity contribution in [2.45, 2.75) is 52.1 Å². The van der Waals surface area contributed by atoms with Crippen molar-refractivity contribution in [3.05, 3.63) is 29.8 Å². The van der Waals surface area contributed by atoms with E-state index in [1.807, 2.05) is 0 Å². The molecule has 0 bridgehead atoms. The molecule has 0 aliphatic carbocycles. The molecular weight excluding hydrogens is 394 g/mol. The first-order chi connectivity index (χ1) is 16.3. The Labute approximate surface area is 191 Å². The van der Waals surface area contributed by atoms with Gasteiger partial charge in [-0.3, -0.25) is 4.79 Å². The minimum atomic E-state index is -2.78. The van der Waals surface area contributed by atoms with E-state index in [9.17, 15) is 9.59 Å². The molecule has 0 aromatic heterocycles. The van der Waals surface area contributed by atoms with E-state index in [1.54, 1.807) is 45.0 Å². The van der Waals surface area contributed by atoms with E-state index in [4.69, 9.17) is 15.0 Å². The zero-order valence-corrected chi connectivity index (χ0v) is 18.9. The number of hydrogen-bond donors (Lipinski definition) is 0. The maximum absolute atomic E-state index is 13.1. The first-order valence-corrected chi connectivity index (χ1v) is 11.1. The van der Waals surface area contributed by atoms with E-state index in [1.165, 1.54) is 19.3 Å². The fourth-order valence-corrected chi connectivity index (χ4v) is 3.55. The van der Waals surface area contributed by atoms with Crippen LogP contribution in [0.5, 0.6) is 5.75 Å². The third-order valence-electron chi connectivity index (χ3n) is 5.16. The Balaban J connectivity index is 1.58. The number of benzene rings is 1. The summed E-state index contributed by atoms with van der Waals surface area (Å²) in [6.45, 7) is 2.92. The smallest absolute Gasteiger partial charge is 0.410 e. The molecule has 0 unspecified atom stereocenters. The van der Waals surface area contributed by atoms with Crippen molar-refractivity contribution in [3.63, 3.8) is 0 Å². The highest BCUT2D eigenvalue weighted by atomic mass is 16.6. The molecule has 1 aromatic rings. The maximum atomic E-state index is 13.1. The van der Waals surface area contributed by atoms with Gasteiger partial charge >= 0.3 is 6.09 Å². The molecule has 2 heterocycles. The topological polar surface area (TPSA) is 62.3 Å². The summed E-state index contributed by atoms with van der Waals surface area (Å²) in [7, 11) is 0. The van der Waals surface area contributed by atoms with Crippen molar-refractivity contribution in [2.75, 3.05) is 52.3 Å². The highest BCUT2D eigenvalue weighted by molar-refractivity contribution is 5.94. The molecule has 2 aliphatic heterocycles. The van der Waals surface area contributed by atoms with Gasteiger partial charge in [0.15, 0.2) is 0 Å². The third kappa shape index (κ3) is 7.42. The van der Waals surface area contributed by atoms with Crippen LogP contribution in [0.25, 0.3) is 0 Å². The van der Waals surface area contributed by atoms with Gasteiger partial charge in [0.05, 0.1) is 12.1 Å². The Morgan fingerprint density at radius 1 is 0.968 bits per heavy atom. The van der Waals surface area contributed by atoms with Crippen LogP contribution >= 0.6 is 0 Å². The Morgan fingerprint density at radius 2 is 1.61 bits per heavy atom. The van der Waals surface area contributed by atoms with Crippen molar-refractivity contribution >= 4 is 12.0 Å². The second kappa shape index (κ2) is 10.8. The average Bonchev–Trinajstić information content (AvgIpc) is 2.78. The first-order valence-electron chi connectivity index (χ1n) is 13.1. The van der Waals surface area contributed by atoms with Crippen LogP contribution in [-0.2, 0) is 4.74 Å². The summed E-state index contributed by atoms with van der Waals surface area (Å²) in [5, 5.41) is 0. The van der Waals surface area contributed by atoms with E-state index in [2.05, 4.69) is 4.90 Å². The lowest BCUT2D eigenvalue weighted by atomic mass is 10.1. The van der Waals surface area contributed by atoms with Crippen LogP contribution in [0, 0.1) is 0 Å². The molecule has 2 aliphatic rings. The van der Waals surface area contributed by atoms with E-state index < -0.39 is 30.6 Å². The molecule has 3 rings (SSSR count). The second-order valence-electron chi connectivity index (χ2n) is 8.94. The molecule has 7 heteroatoms. The molecular formula is C24H37N3O4. The minimum absolute atomic E-state index is 0.167. The van der Waals surface area contributed by atoms with E-state index in [-0.39, 0.29) is 18.7 Å². The predicted molar refractivity (Wildman–Crippen MR) is 121 cm³/mol. The van der Waals surface area contributed by atoms with Gasteiger partial charge < -0.3 is 24.2 Å². The zero-order valence-electron chi connectivity index (χ0n) is 22.9. The highest BCUT2D eigenvalue weighted by Gasteiger charge is 2.28. The summed E-state index contributed by atoms with van der Waals surface area (Å²) in [6.07, 6.45) is 3.78. The summed E-state index contributed by atoms with van der Waals surface area (Å²) in [4.78, 5) is 29.6. The summed E-state index contributed by atoms with van der Waals surface area (Å²) in [5.41, 5.74) is -0.638. The van der Waals surface area contributed by atoms with Gasteiger partial charge in [-0.25, -0.2) is 4.79 Å². The SMILES string of the molecule is [2H]C1([2H])N(C(=O)OC(C)(C)C)CCN(C(=O)c2ccc(OCCCN3CCCCC3)cc2)C1([2H])[2H]. The van der Waals surface area contributed by atoms with E-state index >= 15 is 0 Å². The Bertz CT molecular complexity index is 884. The third-order valence-corrected chi connectivity index (χ3v) is 5.16. The number of likely N-dealkylation sites (tertiary alicyclic amines) is 1. The van der Waals surface area contributed by atoms with Gasteiger partial charge in [-0.15, -0.1) is 0 Å². The first kappa shape index (κ1) is 18.3. The molecule has 2 fully saturated rings. The highest BCUT2D eigenvalue weighted by Crippen LogP contribution is 2.17. The average molecular weight is 436 g/mol. The molecule has 7 nitrogen and oxygen atoms in total. The van der Waals surface area contributed by atoms with Crippen LogP contribution in [0.4, 0.5) is 4.79 Å². The van der Waals surface area contributed by atoms with Crippen LogP contribution in [0.2, 0.25) is 0 Å². The fourth-order valence-electron chi connectivity index (χ4n) is 3.55. The van der Waals surface area contributed by atoms with Crippen LogP contribution in [0.15, 0.2) is 24.3 Å². The van der Waals surface area contributed by atoms with Crippen LogP contribution in [-0.4, -0.2) is 84.6 Å². The predicted octanol–water partition coefficient (Wildman–Crippen LogP) is 3.63. The standard InChI is InChI=1S/C24H37N3O4/c1-24(2,3)31-23(29)27-17-15-26(16-18-27)22(28)20-8-10-21(11-9-20)30-19-7-14-25-12-5-4-6-13-25/h8-11H,4-7,12-19H2,1-3H3/i15D2,17D2. The normalized spacial score (nSPS) is 23.2. The number of piperazine rings is 1. The summed E-state index contributed by atoms with van der Waals surface area (Å²) < 4.78 is 44.4. The number of piperidine rings is 1. The van der Waals surface area contributed by atoms with Gasteiger partial charge in [0.1, 0.15) is 11.4 Å². The molecule has 0 saturated carbocycles. The lowest BCUT2D eigenvalue weighted by molar-refractivity contribution is 0.0141. The molecule has 172 valence electrons. The number of carbonyl (C=O) groups is 2. The molecule has 1 aromatic carbocycles. The quantitative estimate of drug-likeness (QED) is 0.639. The van der Waals surface area contributed by atoms with Gasteiger partial charge in [-0.05, 0) is 77.4 Å². The fraction of sp³-hybridized carbons (Fsp3) is 0.667. The Morgan fingerprint density at radius 3 is 2.29 bits per heavy atom. The van der Waals surface area contributed by atoms with Gasteiger partial charge in [0.2, 0.25) is 0 Å². The van der Waals surface area contributed by atoms with Crippen molar-refractivity contribution in [1.82, 2.24) is 14.7 Å². The lowest BCUT2D eigenvalue weighted by Gasteiger charge is -2.35. The van der Waals surface area contributed by atoms with Gasteiger partial charge in [0.25, 0.3) is 5.91 Å². The number of amides is 2. The van der Waals surface area contributed by atoms with E-state index in [0.717, 1.165) is 31.0 Å². The molecule has 0 N–H and O–H groups in total. The number of hydrogen-bond acceptors (Lipinski definition) is 5. The zero-order chi connectivity index (χ0) is 25.9. The Kier molecular flexibility index (Phi) is 6.40. The van der Waals surface area contributed by atoms with Gasteiger partial charge in [-0.2, -0.15) is 0 Å². The Hall–Kier alpha value is -2.28. The molecule has 0 radical (unpaired) electrons. The molecule has 2 saturated heterocycles. The number of carbonyl (C=O) groups excluding carboxylic acids is 2. The van der Waals surface area contributed by atoms with E-state index in [0.29, 0.717) is 17.3 Å². The van der Waals surface area contributed by atoms with Gasteiger partial charge in [-0.1, -0.05) is 6.42 Å². The van der Waals surface area contributed by atoms with Crippen LogP contribution in [0.3, 0.4) is 0 Å². The van der Waals surface area contributed by atoms with Crippen LogP contribution in [0.1, 0.15) is 62.3 Å². The van der Waals surface area contributed by atoms with Crippen molar-refractivity contribution in [1.29, 1.82) is 0 Å². The largest absolute Gasteiger partial charge is 0.494 e. The number of nitrogens with zero attached hydrogens (tertiary/aromatic N) is 3. The summed E-state index contributed by atoms with van der Waals surface area (Å²) in [5.74, 6) is -0.0346. The van der Waals surface area contributed by atoms with Crippen molar-refractivity contribution in [3.8, 4) is 5.75 Å². The molecule has 0 spiro atoms.